The van der Waals surface area contributed by atoms with Crippen molar-refractivity contribution in [2.75, 3.05) is 0 Å². The Hall–Kier alpha value is -13.6. The summed E-state index contributed by atoms with van der Waals surface area (Å²) < 4.78 is 21.9. The number of nitrogens with one attached hydrogen (secondary N) is 1. The van der Waals surface area contributed by atoms with E-state index in [0.29, 0.717) is 0 Å². The Labute approximate surface area is 717 Å². The Balaban J connectivity index is 0.000000110. The van der Waals surface area contributed by atoms with Crippen LogP contribution in [0.25, 0.3) is 194 Å². The van der Waals surface area contributed by atoms with Crippen molar-refractivity contribution in [2.45, 2.75) is 87.9 Å². The van der Waals surface area contributed by atoms with E-state index in [9.17, 15) is 0 Å². The van der Waals surface area contributed by atoms with E-state index in [1.54, 1.807) is 0 Å². The van der Waals surface area contributed by atoms with Crippen molar-refractivity contribution in [3.8, 4) is 62.6 Å². The summed E-state index contributed by atoms with van der Waals surface area (Å²) in [7, 11) is 0. The van der Waals surface area contributed by atoms with Crippen LogP contribution in [-0.4, -0.2) is 48.6 Å². The first kappa shape index (κ1) is 71.1. The van der Waals surface area contributed by atoms with Crippen LogP contribution >= 0.6 is 15.9 Å². The molecule has 14 aromatic carbocycles. The lowest BCUT2D eigenvalue weighted by atomic mass is 9.49. The van der Waals surface area contributed by atoms with Crippen LogP contribution in [-0.2, 0) is 10.8 Å². The summed E-state index contributed by atoms with van der Waals surface area (Å²) >= 11 is 3.54. The maximum absolute atomic E-state index is 6.99. The fraction of sp³-hybridized carbons (Fsp3) is 0.182. The maximum Gasteiger partial charge on any atom is 0.163 e. The fourth-order valence-corrected chi connectivity index (χ4v) is 24.9. The van der Waals surface area contributed by atoms with E-state index in [1.807, 2.05) is 12.1 Å². The highest BCUT2D eigenvalue weighted by molar-refractivity contribution is 9.10. The number of rotatable bonds is 9. The number of para-hydroxylation sites is 8. The summed E-state index contributed by atoms with van der Waals surface area (Å²) in [6, 6.07) is 111. The van der Waals surface area contributed by atoms with Gasteiger partial charge in [0.15, 0.2) is 23.3 Å². The average Bonchev–Trinajstić information content (AvgIpc) is 1.53. The third kappa shape index (κ3) is 11.2. The summed E-state index contributed by atoms with van der Waals surface area (Å²) in [5.41, 5.74) is 20.5. The van der Waals surface area contributed by atoms with Crippen LogP contribution in [0.2, 0.25) is 0 Å². The van der Waals surface area contributed by atoms with E-state index in [1.165, 1.54) is 115 Å². The van der Waals surface area contributed by atoms with Crippen molar-refractivity contribution >= 4 is 147 Å². The molecule has 8 aliphatic rings. The van der Waals surface area contributed by atoms with E-state index in [0.717, 1.165) is 207 Å². The predicted octanol–water partition coefficient (Wildman–Crippen LogP) is 28.5. The summed E-state index contributed by atoms with van der Waals surface area (Å²) in [6.45, 7) is 0. The summed E-state index contributed by atoms with van der Waals surface area (Å²) in [5, 5.41) is 14.1. The highest BCUT2D eigenvalue weighted by Gasteiger charge is 2.55. The van der Waals surface area contributed by atoms with E-state index in [4.69, 9.17) is 38.7 Å². The minimum atomic E-state index is 0.0468. The monoisotopic (exact) mass is 1650 g/mol. The molecule has 8 heterocycles. The van der Waals surface area contributed by atoms with Gasteiger partial charge < -0.3 is 27.5 Å². The molecule has 13 heteroatoms. The average molecular weight is 1660 g/mol. The van der Waals surface area contributed by atoms with Gasteiger partial charge in [0.2, 0.25) is 0 Å². The number of H-pyrrole nitrogens is 1. The lowest BCUT2D eigenvalue weighted by Gasteiger charge is -2.56. The quantitative estimate of drug-likeness (QED) is 0.151. The minimum absolute atomic E-state index is 0.0468. The van der Waals surface area contributed by atoms with Crippen LogP contribution in [0.4, 0.5) is 0 Å². The Kier molecular flexibility index (Phi) is 16.0. The molecule has 0 aliphatic heterocycles. The van der Waals surface area contributed by atoms with Gasteiger partial charge in [-0.3, -0.25) is 0 Å². The molecule has 0 amide bonds. The van der Waals surface area contributed by atoms with Gasteiger partial charge in [-0.15, -0.1) is 0 Å². The van der Waals surface area contributed by atoms with E-state index >= 15 is 0 Å². The molecule has 8 bridgehead atoms. The first-order valence-corrected chi connectivity index (χ1v) is 44.7. The normalized spacial score (nSPS) is 20.7. The number of benzene rings is 14. The predicted molar refractivity (Wildman–Crippen MR) is 502 cm³/mol. The molecule has 8 saturated carbocycles. The van der Waals surface area contributed by atoms with Gasteiger partial charge >= 0.3 is 0 Å². The molecule has 123 heavy (non-hydrogen) atoms. The van der Waals surface area contributed by atoms with E-state index < -0.39 is 0 Å². The number of fused-ring (bicyclic) bond motifs is 24. The third-order valence-electron chi connectivity index (χ3n) is 28.8. The van der Waals surface area contributed by atoms with E-state index in [2.05, 4.69) is 338 Å². The topological polar surface area (TPSA) is 134 Å². The lowest BCUT2D eigenvalue weighted by Crippen LogP contribution is -2.49. The Morgan fingerprint density at radius 1 is 0.276 bits per heavy atom. The largest absolute Gasteiger partial charge is 0.455 e. The van der Waals surface area contributed by atoms with Gasteiger partial charge in [-0.25, -0.2) is 29.9 Å². The van der Waals surface area contributed by atoms with Crippen molar-refractivity contribution in [1.29, 1.82) is 0 Å². The van der Waals surface area contributed by atoms with Gasteiger partial charge in [0.1, 0.15) is 34.0 Å². The molecule has 30 rings (SSSR count). The fourth-order valence-electron chi connectivity index (χ4n) is 24.6. The van der Waals surface area contributed by atoms with E-state index in [-0.39, 0.29) is 10.8 Å². The second-order valence-corrected chi connectivity index (χ2v) is 37.1. The molecule has 8 aromatic heterocycles. The SMILES string of the molecule is Brc1ccc(-c2nc(-c3ccccc3)nc(C34CC5CC(CC(C5)C3)C4)n2)cc1.c1ccc(-c2nc(-c3ccc(-n4c5ccccc5c5c6oc7ccccc7c6c6c(c7ccccc7n6-c6ccccc6)c54)cc3)nc(C34CC5CC(CC(C5)C3)C4)n2)cc1.c1ccc(-n2c3ccccc3c3c4[nH]c5ccccc5c4c4oc5ccccc5c4c32)cc1. The first-order chi connectivity index (χ1) is 60.7. The molecule has 592 valence electrons. The number of hydrogen-bond donors (Lipinski definition) is 1. The highest BCUT2D eigenvalue weighted by atomic mass is 79.9. The van der Waals surface area contributed by atoms with Crippen molar-refractivity contribution in [3.05, 3.63) is 332 Å². The van der Waals surface area contributed by atoms with Gasteiger partial charge in [0.25, 0.3) is 0 Å². The van der Waals surface area contributed by atoms with Crippen LogP contribution in [0.5, 0.6) is 0 Å². The number of nitrogens with zero attached hydrogens (tertiary/aromatic N) is 9. The Morgan fingerprint density at radius 2 is 0.585 bits per heavy atom. The van der Waals surface area contributed by atoms with Gasteiger partial charge in [0.05, 0.1) is 60.2 Å². The second-order valence-electron chi connectivity index (χ2n) is 36.2. The molecule has 1 N–H and O–H groups in total. The number of furan rings is 2. The molecule has 0 unspecified atom stereocenters. The molecule has 8 fully saturated rings. The smallest absolute Gasteiger partial charge is 0.163 e. The Morgan fingerprint density at radius 3 is 1.02 bits per heavy atom. The number of aromatic nitrogens is 10. The summed E-state index contributed by atoms with van der Waals surface area (Å²) in [5.74, 6) is 10.2. The van der Waals surface area contributed by atoms with Gasteiger partial charge in [-0.05, 0) is 210 Å². The molecule has 0 saturated heterocycles. The molecule has 0 atom stereocenters. The van der Waals surface area contributed by atoms with Crippen molar-refractivity contribution in [1.82, 2.24) is 48.6 Å². The van der Waals surface area contributed by atoms with Crippen LogP contribution in [0.1, 0.15) is 88.7 Å². The van der Waals surface area contributed by atoms with Crippen molar-refractivity contribution in [2.24, 2.45) is 35.5 Å². The molecule has 22 aromatic rings. The minimum Gasteiger partial charge on any atom is -0.455 e. The van der Waals surface area contributed by atoms with Crippen molar-refractivity contribution < 1.29 is 8.83 Å². The molecule has 12 nitrogen and oxygen atoms in total. The summed E-state index contributed by atoms with van der Waals surface area (Å²) in [6.07, 6.45) is 15.8. The maximum atomic E-state index is 6.99. The van der Waals surface area contributed by atoms with Crippen molar-refractivity contribution in [3.63, 3.8) is 0 Å². The van der Waals surface area contributed by atoms with Crippen LogP contribution in [0, 0.1) is 35.5 Å². The zero-order valence-corrected chi connectivity index (χ0v) is 69.3. The standard InChI is InChI=1S/C55H41N5O.C30H18N2O.C25H24BrN3/c1-3-13-36(14-4-1)52-56-53(58-54(57-52)55-30-33-27-34(31-55)29-35(28-33)32-55)37-23-25-39(26-24-37)60-44-21-11-8-18-41(44)47-49(60)46-40-17-7-10-20-43(40)59(38-15-5-2-6-16-38)50(46)48-42-19-9-12-22-45(42)61-51(47)48;1-2-10-18(11-3-1)32-23-16-8-5-13-20(23)25-28-26(19-12-4-7-15-22(19)31-28)30-27(29(25)32)21-14-6-9-17-24(21)33-30;26-21-8-6-20(7-9-21)23-27-22(19-4-2-1-3-5-19)28-24(29-23)25-13-16-10-17(14-25)12-18(11-16)15-25/h1-26,33-35H,27-32H2;1-17,31H;1-9,16-18H,10-15H2. The number of halogens is 1. The van der Waals surface area contributed by atoms with Gasteiger partial charge in [-0.2, -0.15) is 0 Å². The molecule has 0 radical (unpaired) electrons. The van der Waals surface area contributed by atoms with Crippen LogP contribution in [0.3, 0.4) is 0 Å². The zero-order chi connectivity index (χ0) is 80.8. The lowest BCUT2D eigenvalue weighted by molar-refractivity contribution is -0.00948. The molecular formula is C110H83BrN10O2. The molecule has 8 aliphatic carbocycles. The zero-order valence-electron chi connectivity index (χ0n) is 67.7. The third-order valence-corrected chi connectivity index (χ3v) is 29.3. The van der Waals surface area contributed by atoms with Gasteiger partial charge in [0, 0.05) is 103 Å². The number of hydrogen-bond acceptors (Lipinski definition) is 8. The highest BCUT2D eigenvalue weighted by Crippen LogP contribution is 2.63. The molecular weight excluding hydrogens is 1570 g/mol. The summed E-state index contributed by atoms with van der Waals surface area (Å²) in [4.78, 5) is 34.8. The van der Waals surface area contributed by atoms with Gasteiger partial charge in [-0.1, -0.05) is 234 Å². The second kappa shape index (κ2) is 27.7. The molecule has 0 spiro atoms. The first-order valence-electron chi connectivity index (χ1n) is 43.9. The Bertz CT molecular complexity index is 7920. The number of aromatic amines is 1. The van der Waals surface area contributed by atoms with Crippen LogP contribution in [0.15, 0.2) is 329 Å². The van der Waals surface area contributed by atoms with Crippen LogP contribution < -0.4 is 0 Å².